The van der Waals surface area contributed by atoms with E-state index in [9.17, 15) is 19.2 Å². The standard InChI is InChI=1S/C42H52N6O6/c1-25(2)32(22-37(49)53-5)40(50)48-20-8-10-36(48)39-44-24-34(45-39)30-17-15-28(16-18-30)27-11-13-29(14-12-27)31-21-33(43-23-31)35-9-7-19-47(35)41(51)38(26(3)4)46-42(52)54-6/h11-18,23-26,32,35-36,38H,7-10,19-22H2,1-6H3,(H,44,45)(H,46,52)/t32-,35-,36-,38-/m0/s1. The molecule has 1 aromatic heterocycles. The predicted octanol–water partition coefficient (Wildman–Crippen LogP) is 6.80. The Morgan fingerprint density at radius 1 is 0.796 bits per heavy atom. The number of nitrogens with one attached hydrogen (secondary N) is 2. The highest BCUT2D eigenvalue weighted by Gasteiger charge is 2.39. The molecule has 286 valence electrons. The maximum atomic E-state index is 13.6. The van der Waals surface area contributed by atoms with Gasteiger partial charge in [-0.1, -0.05) is 76.2 Å². The van der Waals surface area contributed by atoms with Crippen LogP contribution in [0.2, 0.25) is 0 Å². The number of aromatic nitrogens is 2. The Balaban J connectivity index is 1.07. The van der Waals surface area contributed by atoms with Crippen LogP contribution in [0.5, 0.6) is 0 Å². The first-order valence-corrected chi connectivity index (χ1v) is 19.0. The molecule has 6 rings (SSSR count). The molecule has 0 radical (unpaired) electrons. The van der Waals surface area contributed by atoms with Crippen LogP contribution < -0.4 is 5.32 Å². The van der Waals surface area contributed by atoms with Gasteiger partial charge in [-0.05, 0) is 65.3 Å². The summed E-state index contributed by atoms with van der Waals surface area (Å²) in [4.78, 5) is 67.8. The lowest BCUT2D eigenvalue weighted by Gasteiger charge is -2.31. The lowest BCUT2D eigenvalue weighted by atomic mass is 9.91. The maximum absolute atomic E-state index is 13.6. The Morgan fingerprint density at radius 2 is 1.39 bits per heavy atom. The van der Waals surface area contributed by atoms with E-state index in [1.165, 1.54) is 14.2 Å². The summed E-state index contributed by atoms with van der Waals surface area (Å²) < 4.78 is 9.63. The van der Waals surface area contributed by atoms with Gasteiger partial charge in [0.1, 0.15) is 11.9 Å². The summed E-state index contributed by atoms with van der Waals surface area (Å²) in [6.45, 7) is 9.04. The van der Waals surface area contributed by atoms with Crippen LogP contribution in [0.3, 0.4) is 0 Å². The van der Waals surface area contributed by atoms with Gasteiger partial charge >= 0.3 is 12.1 Å². The monoisotopic (exact) mass is 736 g/mol. The quantitative estimate of drug-likeness (QED) is 0.195. The van der Waals surface area contributed by atoms with E-state index in [2.05, 4.69) is 58.8 Å². The number of ether oxygens (including phenoxy) is 2. The molecule has 2 saturated heterocycles. The van der Waals surface area contributed by atoms with E-state index in [1.54, 1.807) is 0 Å². The van der Waals surface area contributed by atoms with Crippen LogP contribution in [0.4, 0.5) is 4.79 Å². The first kappa shape index (κ1) is 38.5. The average molecular weight is 737 g/mol. The largest absolute Gasteiger partial charge is 0.469 e. The number of hydrogen-bond donors (Lipinski definition) is 2. The van der Waals surface area contributed by atoms with E-state index < -0.39 is 18.1 Å². The molecule has 4 heterocycles. The minimum Gasteiger partial charge on any atom is -0.469 e. The maximum Gasteiger partial charge on any atom is 0.407 e. The molecule has 0 unspecified atom stereocenters. The summed E-state index contributed by atoms with van der Waals surface area (Å²) in [6, 6.07) is 15.9. The van der Waals surface area contributed by atoms with Gasteiger partial charge in [0.2, 0.25) is 11.8 Å². The zero-order chi connectivity index (χ0) is 38.5. The summed E-state index contributed by atoms with van der Waals surface area (Å²) in [5.74, 6) is -0.246. The van der Waals surface area contributed by atoms with E-state index in [0.29, 0.717) is 19.5 Å². The number of carbonyl (C=O) groups excluding carboxylic acids is 4. The second-order valence-electron chi connectivity index (χ2n) is 15.2. The van der Waals surface area contributed by atoms with Crippen molar-refractivity contribution >= 4 is 35.2 Å². The molecule has 0 bridgehead atoms. The first-order valence-electron chi connectivity index (χ1n) is 19.0. The number of hydrogen-bond acceptors (Lipinski definition) is 8. The Hall–Kier alpha value is -5.26. The zero-order valence-electron chi connectivity index (χ0n) is 32.1. The number of allylic oxidation sites excluding steroid dienone is 1. The molecule has 54 heavy (non-hydrogen) atoms. The summed E-state index contributed by atoms with van der Waals surface area (Å²) in [5.41, 5.74) is 7.23. The van der Waals surface area contributed by atoms with Crippen LogP contribution in [0.1, 0.15) is 83.6 Å². The highest BCUT2D eigenvalue weighted by atomic mass is 16.5. The fraction of sp³-hybridized carbons (Fsp3) is 0.476. The summed E-state index contributed by atoms with van der Waals surface area (Å²) in [7, 11) is 2.65. The van der Waals surface area contributed by atoms with Crippen molar-refractivity contribution in [1.82, 2.24) is 25.1 Å². The number of imidazole rings is 1. The lowest BCUT2D eigenvalue weighted by molar-refractivity contribution is -0.148. The van der Waals surface area contributed by atoms with Crippen molar-refractivity contribution in [3.05, 3.63) is 72.3 Å². The molecule has 2 aromatic carbocycles. The minimum atomic E-state index is -0.657. The number of H-pyrrole nitrogens is 1. The molecule has 3 aliphatic rings. The van der Waals surface area contributed by atoms with Gasteiger partial charge in [-0.2, -0.15) is 0 Å². The van der Waals surface area contributed by atoms with Crippen LogP contribution in [0.25, 0.3) is 28.0 Å². The number of benzene rings is 2. The molecule has 12 nitrogen and oxygen atoms in total. The number of alkyl carbamates (subject to hydrolysis) is 1. The number of carbonyl (C=O) groups is 4. The molecule has 4 atom stereocenters. The van der Waals surface area contributed by atoms with Crippen molar-refractivity contribution in [3.8, 4) is 22.4 Å². The fourth-order valence-electron chi connectivity index (χ4n) is 7.85. The van der Waals surface area contributed by atoms with Gasteiger partial charge < -0.3 is 29.6 Å². The van der Waals surface area contributed by atoms with Crippen LogP contribution in [-0.4, -0.2) is 88.7 Å². The Kier molecular flexibility index (Phi) is 12.0. The molecule has 3 amide bonds. The van der Waals surface area contributed by atoms with E-state index in [-0.39, 0.29) is 48.1 Å². The van der Waals surface area contributed by atoms with Gasteiger partial charge in [-0.25, -0.2) is 9.78 Å². The highest BCUT2D eigenvalue weighted by Crippen LogP contribution is 2.36. The second kappa shape index (κ2) is 16.8. The number of aliphatic imine (C=N–C) groups is 1. The average Bonchev–Trinajstić information content (AvgIpc) is 4.02. The summed E-state index contributed by atoms with van der Waals surface area (Å²) in [6.07, 6.45) is 7.30. The lowest BCUT2D eigenvalue weighted by Crippen LogP contribution is -2.53. The molecule has 2 fully saturated rings. The number of methoxy groups -OCH3 is 2. The number of amides is 3. The molecule has 0 saturated carbocycles. The normalized spacial score (nSPS) is 19.5. The number of likely N-dealkylation sites (tertiary alicyclic amines) is 2. The van der Waals surface area contributed by atoms with Crippen LogP contribution in [0.15, 0.2) is 65.9 Å². The zero-order valence-corrected chi connectivity index (χ0v) is 32.1. The number of esters is 1. The summed E-state index contributed by atoms with van der Waals surface area (Å²) in [5, 5.41) is 2.71. The molecular weight excluding hydrogens is 684 g/mol. The van der Waals surface area contributed by atoms with Gasteiger partial charge in [-0.3, -0.25) is 19.4 Å². The van der Waals surface area contributed by atoms with Crippen LogP contribution in [0, 0.1) is 17.8 Å². The van der Waals surface area contributed by atoms with Crippen molar-refractivity contribution in [2.75, 3.05) is 27.3 Å². The molecule has 12 heteroatoms. The van der Waals surface area contributed by atoms with E-state index in [0.717, 1.165) is 70.7 Å². The number of nitrogens with zero attached hydrogens (tertiary/aromatic N) is 4. The third-order valence-corrected chi connectivity index (χ3v) is 11.0. The van der Waals surface area contributed by atoms with Crippen LogP contribution >= 0.6 is 0 Å². The molecule has 0 aliphatic carbocycles. The Bertz CT molecular complexity index is 1900. The van der Waals surface area contributed by atoms with Gasteiger partial charge in [0.25, 0.3) is 0 Å². The van der Waals surface area contributed by atoms with Gasteiger partial charge in [0.05, 0.1) is 50.5 Å². The van der Waals surface area contributed by atoms with Crippen molar-refractivity contribution in [1.29, 1.82) is 0 Å². The van der Waals surface area contributed by atoms with E-state index in [1.807, 2.05) is 49.9 Å². The minimum absolute atomic E-state index is 0.0101. The van der Waals surface area contributed by atoms with Crippen molar-refractivity contribution in [2.24, 2.45) is 22.7 Å². The highest BCUT2D eigenvalue weighted by molar-refractivity contribution is 6.04. The first-order chi connectivity index (χ1) is 26.0. The fourth-order valence-corrected chi connectivity index (χ4v) is 7.85. The van der Waals surface area contributed by atoms with Gasteiger partial charge in [-0.15, -0.1) is 0 Å². The second-order valence-corrected chi connectivity index (χ2v) is 15.2. The van der Waals surface area contributed by atoms with Gasteiger partial charge in [0.15, 0.2) is 0 Å². The molecule has 3 aliphatic heterocycles. The topological polar surface area (TPSA) is 146 Å². The summed E-state index contributed by atoms with van der Waals surface area (Å²) >= 11 is 0. The van der Waals surface area contributed by atoms with Crippen LogP contribution in [-0.2, 0) is 23.9 Å². The van der Waals surface area contributed by atoms with E-state index in [4.69, 9.17) is 19.5 Å². The van der Waals surface area contributed by atoms with E-state index >= 15 is 0 Å². The van der Waals surface area contributed by atoms with Crippen molar-refractivity contribution in [2.45, 2.75) is 84.3 Å². The van der Waals surface area contributed by atoms with Crippen molar-refractivity contribution in [3.63, 3.8) is 0 Å². The molecule has 0 spiro atoms. The molecule has 2 N–H and O–H groups in total. The molecular formula is C42H52N6O6. The third kappa shape index (κ3) is 8.27. The number of rotatable bonds is 12. The van der Waals surface area contributed by atoms with Crippen molar-refractivity contribution < 1.29 is 28.7 Å². The third-order valence-electron chi connectivity index (χ3n) is 11.0. The Labute approximate surface area is 317 Å². The SMILES string of the molecule is COC(=O)C[C@H](C(=O)N1CCC[C@H]1c1ncc(-c2ccc(-c3ccc(C4=CN=C([C@@H]5CCCN5C(=O)[C@@H](NC(=O)OC)C(C)C)C4)cc3)cc2)[nH]1)C(C)C. The number of aromatic amines is 1. The smallest absolute Gasteiger partial charge is 0.407 e. The Morgan fingerprint density at radius 3 is 1.98 bits per heavy atom. The molecule has 3 aromatic rings. The van der Waals surface area contributed by atoms with Gasteiger partial charge in [0, 0.05) is 31.4 Å². The predicted molar refractivity (Wildman–Crippen MR) is 207 cm³/mol.